The molecule has 5 heteroatoms. The minimum Gasteiger partial charge on any atom is -0.399 e. The molecule has 0 aliphatic carbocycles. The van der Waals surface area contributed by atoms with Crippen molar-refractivity contribution in [1.29, 1.82) is 0 Å². The summed E-state index contributed by atoms with van der Waals surface area (Å²) >= 11 is 0. The van der Waals surface area contributed by atoms with Gasteiger partial charge >= 0.3 is 0 Å². The fourth-order valence-corrected chi connectivity index (χ4v) is 2.13. The van der Waals surface area contributed by atoms with Gasteiger partial charge in [-0.1, -0.05) is 23.4 Å². The summed E-state index contributed by atoms with van der Waals surface area (Å²) in [6, 6.07) is 11.9. The van der Waals surface area contributed by atoms with Crippen LogP contribution < -0.4 is 5.73 Å². The van der Waals surface area contributed by atoms with E-state index in [-0.39, 0.29) is 5.82 Å². The van der Waals surface area contributed by atoms with Crippen LogP contribution in [0.4, 0.5) is 10.1 Å². The number of hydrogen-bond acceptors (Lipinski definition) is 4. The van der Waals surface area contributed by atoms with Gasteiger partial charge < -0.3 is 10.3 Å². The molecule has 0 saturated carbocycles. The number of benzene rings is 2. The van der Waals surface area contributed by atoms with Gasteiger partial charge in [-0.25, -0.2) is 4.39 Å². The van der Waals surface area contributed by atoms with E-state index < -0.39 is 0 Å². The Kier molecular flexibility index (Phi) is 3.39. The molecule has 3 aromatic rings. The van der Waals surface area contributed by atoms with E-state index in [1.54, 1.807) is 12.1 Å². The van der Waals surface area contributed by atoms with Gasteiger partial charge in [-0.15, -0.1) is 0 Å². The first-order valence-electron chi connectivity index (χ1n) is 6.55. The molecule has 0 bridgehead atoms. The van der Waals surface area contributed by atoms with Crippen LogP contribution in [0.2, 0.25) is 0 Å². The Morgan fingerprint density at radius 3 is 2.86 bits per heavy atom. The molecular formula is C16H14FN3O. The number of nitrogens with zero attached hydrogens (tertiary/aromatic N) is 2. The van der Waals surface area contributed by atoms with Gasteiger partial charge in [-0.05, 0) is 42.3 Å². The lowest BCUT2D eigenvalue weighted by molar-refractivity contribution is 0.423. The highest BCUT2D eigenvalue weighted by Gasteiger charge is 2.12. The molecule has 0 atom stereocenters. The topological polar surface area (TPSA) is 64.9 Å². The van der Waals surface area contributed by atoms with Crippen LogP contribution in [0.3, 0.4) is 0 Å². The third-order valence-corrected chi connectivity index (χ3v) is 3.21. The number of hydrogen-bond donors (Lipinski definition) is 1. The van der Waals surface area contributed by atoms with Gasteiger partial charge in [0.2, 0.25) is 0 Å². The normalized spacial score (nSPS) is 10.8. The van der Waals surface area contributed by atoms with E-state index in [1.807, 2.05) is 25.1 Å². The smallest absolute Gasteiger partial charge is 0.258 e. The van der Waals surface area contributed by atoms with E-state index in [0.717, 1.165) is 16.7 Å². The lowest BCUT2D eigenvalue weighted by Crippen LogP contribution is -1.92. The van der Waals surface area contributed by atoms with E-state index in [2.05, 4.69) is 10.1 Å². The first-order chi connectivity index (χ1) is 10.1. The second-order valence-corrected chi connectivity index (χ2v) is 4.90. The molecule has 0 fully saturated rings. The van der Waals surface area contributed by atoms with Crippen molar-refractivity contribution >= 4 is 5.69 Å². The largest absolute Gasteiger partial charge is 0.399 e. The maximum atomic E-state index is 13.2. The van der Waals surface area contributed by atoms with Crippen molar-refractivity contribution in [3.8, 4) is 11.5 Å². The third-order valence-electron chi connectivity index (χ3n) is 3.21. The predicted molar refractivity (Wildman–Crippen MR) is 78.1 cm³/mol. The summed E-state index contributed by atoms with van der Waals surface area (Å²) in [4.78, 5) is 4.35. The Labute approximate surface area is 121 Å². The molecule has 0 saturated heterocycles. The highest BCUT2D eigenvalue weighted by molar-refractivity contribution is 5.63. The van der Waals surface area contributed by atoms with Gasteiger partial charge in [-0.3, -0.25) is 0 Å². The Balaban J connectivity index is 1.88. The zero-order valence-corrected chi connectivity index (χ0v) is 11.5. The highest BCUT2D eigenvalue weighted by atomic mass is 19.1. The Bertz CT molecular complexity index is 783. The van der Waals surface area contributed by atoms with Gasteiger partial charge in [0.25, 0.3) is 5.89 Å². The molecule has 1 aromatic heterocycles. The third kappa shape index (κ3) is 2.91. The maximum absolute atomic E-state index is 13.2. The van der Waals surface area contributed by atoms with Crippen LogP contribution in [0.5, 0.6) is 0 Å². The quantitative estimate of drug-likeness (QED) is 0.748. The molecule has 0 radical (unpaired) electrons. The molecule has 4 nitrogen and oxygen atoms in total. The van der Waals surface area contributed by atoms with Gasteiger partial charge in [0.1, 0.15) is 5.82 Å². The van der Waals surface area contributed by atoms with Crippen LogP contribution in [0.1, 0.15) is 17.0 Å². The average Bonchev–Trinajstić information content (AvgIpc) is 2.90. The van der Waals surface area contributed by atoms with Crippen LogP contribution >= 0.6 is 0 Å². The van der Waals surface area contributed by atoms with Gasteiger partial charge in [0.05, 0.1) is 0 Å². The van der Waals surface area contributed by atoms with Crippen LogP contribution in [-0.2, 0) is 6.42 Å². The number of nitrogens with two attached hydrogens (primary N) is 1. The SMILES string of the molecule is Cc1ccc(N)cc1-c1nc(Cc2cccc(F)c2)no1. The first kappa shape index (κ1) is 13.3. The van der Waals surface area contributed by atoms with Gasteiger partial charge in [0.15, 0.2) is 5.82 Å². The number of nitrogen functional groups attached to an aromatic ring is 1. The van der Waals surface area contributed by atoms with Crippen molar-refractivity contribution in [3.05, 3.63) is 65.2 Å². The Morgan fingerprint density at radius 2 is 2.05 bits per heavy atom. The van der Waals surface area contributed by atoms with E-state index in [0.29, 0.717) is 23.8 Å². The molecule has 21 heavy (non-hydrogen) atoms. The lowest BCUT2D eigenvalue weighted by Gasteiger charge is -2.01. The van der Waals surface area contributed by atoms with Crippen molar-refractivity contribution in [3.63, 3.8) is 0 Å². The molecule has 0 aliphatic heterocycles. The molecule has 2 aromatic carbocycles. The second-order valence-electron chi connectivity index (χ2n) is 4.90. The number of rotatable bonds is 3. The minimum atomic E-state index is -0.275. The molecule has 106 valence electrons. The second kappa shape index (κ2) is 5.36. The van der Waals surface area contributed by atoms with E-state index in [4.69, 9.17) is 10.3 Å². The van der Waals surface area contributed by atoms with E-state index >= 15 is 0 Å². The van der Waals surface area contributed by atoms with Crippen LogP contribution in [-0.4, -0.2) is 10.1 Å². The summed E-state index contributed by atoms with van der Waals surface area (Å²) in [5, 5.41) is 3.94. The van der Waals surface area contributed by atoms with Crippen LogP contribution in [0, 0.1) is 12.7 Å². The van der Waals surface area contributed by atoms with Crippen molar-refractivity contribution < 1.29 is 8.91 Å². The fraction of sp³-hybridized carbons (Fsp3) is 0.125. The van der Waals surface area contributed by atoms with Crippen molar-refractivity contribution in [1.82, 2.24) is 10.1 Å². The first-order valence-corrected chi connectivity index (χ1v) is 6.55. The summed E-state index contributed by atoms with van der Waals surface area (Å²) in [6.07, 6.45) is 0.419. The van der Waals surface area contributed by atoms with Crippen molar-refractivity contribution in [2.45, 2.75) is 13.3 Å². The van der Waals surface area contributed by atoms with Crippen LogP contribution in [0.15, 0.2) is 47.0 Å². The van der Waals surface area contributed by atoms with Crippen molar-refractivity contribution in [2.24, 2.45) is 0 Å². The summed E-state index contributed by atoms with van der Waals surface area (Å²) in [6.45, 7) is 1.95. The summed E-state index contributed by atoms with van der Waals surface area (Å²) in [5.41, 5.74) is 9.04. The summed E-state index contributed by atoms with van der Waals surface area (Å²) < 4.78 is 18.4. The zero-order valence-electron chi connectivity index (χ0n) is 11.5. The maximum Gasteiger partial charge on any atom is 0.258 e. The Hall–Kier alpha value is -2.69. The molecule has 2 N–H and O–H groups in total. The number of aryl methyl sites for hydroxylation is 1. The van der Waals surface area contributed by atoms with Crippen LogP contribution in [0.25, 0.3) is 11.5 Å². The molecule has 0 amide bonds. The average molecular weight is 283 g/mol. The number of halogens is 1. The van der Waals surface area contributed by atoms with E-state index in [9.17, 15) is 4.39 Å². The molecule has 0 spiro atoms. The zero-order chi connectivity index (χ0) is 14.8. The monoisotopic (exact) mass is 283 g/mol. The minimum absolute atomic E-state index is 0.275. The molecule has 1 heterocycles. The standard InChI is InChI=1S/C16H14FN3O/c1-10-5-6-13(18)9-14(10)16-19-15(20-21-16)8-11-3-2-4-12(17)7-11/h2-7,9H,8,18H2,1H3. The van der Waals surface area contributed by atoms with E-state index in [1.165, 1.54) is 12.1 Å². The molecular weight excluding hydrogens is 269 g/mol. The Morgan fingerprint density at radius 1 is 1.19 bits per heavy atom. The summed E-state index contributed by atoms with van der Waals surface area (Å²) in [7, 11) is 0. The fourth-order valence-electron chi connectivity index (χ4n) is 2.13. The van der Waals surface area contributed by atoms with Gasteiger partial charge in [-0.2, -0.15) is 4.98 Å². The number of aromatic nitrogens is 2. The molecule has 0 unspecified atom stereocenters. The molecule has 3 rings (SSSR count). The molecule has 0 aliphatic rings. The lowest BCUT2D eigenvalue weighted by atomic mass is 10.1. The summed E-state index contributed by atoms with van der Waals surface area (Å²) in [5.74, 6) is 0.659. The highest BCUT2D eigenvalue weighted by Crippen LogP contribution is 2.24. The number of anilines is 1. The predicted octanol–water partition coefficient (Wildman–Crippen LogP) is 3.36. The van der Waals surface area contributed by atoms with Crippen molar-refractivity contribution in [2.75, 3.05) is 5.73 Å². The van der Waals surface area contributed by atoms with Gasteiger partial charge in [0, 0.05) is 17.7 Å².